The van der Waals surface area contributed by atoms with E-state index < -0.39 is 23.3 Å². The van der Waals surface area contributed by atoms with Crippen molar-refractivity contribution in [3.05, 3.63) is 87.2 Å². The first-order valence-electron chi connectivity index (χ1n) is 9.10. The van der Waals surface area contributed by atoms with Gasteiger partial charge in [-0.2, -0.15) is 0 Å². The predicted octanol–water partition coefficient (Wildman–Crippen LogP) is 4.05. The zero-order chi connectivity index (χ0) is 21.8. The van der Waals surface area contributed by atoms with Gasteiger partial charge >= 0.3 is 5.97 Å². The Labute approximate surface area is 172 Å². The van der Waals surface area contributed by atoms with Crippen LogP contribution in [0.25, 0.3) is 5.69 Å². The molecule has 154 valence electrons. The van der Waals surface area contributed by atoms with Gasteiger partial charge in [0.15, 0.2) is 6.61 Å². The van der Waals surface area contributed by atoms with Crippen LogP contribution in [0.4, 0.5) is 5.69 Å². The zero-order valence-corrected chi connectivity index (χ0v) is 16.7. The van der Waals surface area contributed by atoms with E-state index in [4.69, 9.17) is 9.47 Å². The summed E-state index contributed by atoms with van der Waals surface area (Å²) in [4.78, 5) is 35.3. The molecule has 0 unspecified atom stereocenters. The van der Waals surface area contributed by atoms with Gasteiger partial charge in [-0.05, 0) is 50.2 Å². The van der Waals surface area contributed by atoms with Crippen LogP contribution in [0.15, 0.2) is 54.6 Å². The maximum Gasteiger partial charge on any atom is 0.345 e. The Kier molecular flexibility index (Phi) is 5.96. The highest BCUT2D eigenvalue weighted by molar-refractivity contribution is 6.01. The minimum absolute atomic E-state index is 0.195. The summed E-state index contributed by atoms with van der Waals surface area (Å²) in [5.41, 5.74) is 2.25. The largest absolute Gasteiger partial charge is 0.497 e. The molecule has 1 heterocycles. The second-order valence-corrected chi connectivity index (χ2v) is 6.59. The van der Waals surface area contributed by atoms with Crippen molar-refractivity contribution in [2.24, 2.45) is 0 Å². The number of esters is 1. The average Bonchev–Trinajstić information content (AvgIpc) is 3.05. The van der Waals surface area contributed by atoms with E-state index in [1.165, 1.54) is 24.3 Å². The molecular formula is C22H20N2O6. The van der Waals surface area contributed by atoms with Crippen LogP contribution in [0, 0.1) is 24.0 Å². The van der Waals surface area contributed by atoms with Gasteiger partial charge in [0.2, 0.25) is 5.78 Å². The molecule has 8 heteroatoms. The second-order valence-electron chi connectivity index (χ2n) is 6.59. The lowest BCUT2D eigenvalue weighted by atomic mass is 10.1. The molecule has 0 atom stereocenters. The number of nitro groups is 1. The number of carbonyl (C=O) groups excluding carboxylic acids is 2. The van der Waals surface area contributed by atoms with E-state index in [2.05, 4.69) is 0 Å². The van der Waals surface area contributed by atoms with Gasteiger partial charge in [0, 0.05) is 28.7 Å². The third-order valence-corrected chi connectivity index (χ3v) is 4.72. The first-order valence-corrected chi connectivity index (χ1v) is 9.10. The van der Waals surface area contributed by atoms with Gasteiger partial charge in [-0.1, -0.05) is 12.1 Å². The van der Waals surface area contributed by atoms with Crippen LogP contribution < -0.4 is 4.74 Å². The fourth-order valence-electron chi connectivity index (χ4n) is 3.27. The van der Waals surface area contributed by atoms with Gasteiger partial charge in [0.1, 0.15) is 11.3 Å². The van der Waals surface area contributed by atoms with Crippen molar-refractivity contribution in [2.45, 2.75) is 13.8 Å². The van der Waals surface area contributed by atoms with E-state index in [1.54, 1.807) is 20.1 Å². The Balaban J connectivity index is 1.78. The number of carbonyl (C=O) groups is 2. The van der Waals surface area contributed by atoms with Gasteiger partial charge in [0.05, 0.1) is 12.0 Å². The lowest BCUT2D eigenvalue weighted by Crippen LogP contribution is -2.16. The van der Waals surface area contributed by atoms with Gasteiger partial charge in [-0.25, -0.2) is 4.79 Å². The highest BCUT2D eigenvalue weighted by Crippen LogP contribution is 2.24. The molecule has 0 radical (unpaired) electrons. The molecule has 0 saturated heterocycles. The monoisotopic (exact) mass is 408 g/mol. The van der Waals surface area contributed by atoms with E-state index in [1.807, 2.05) is 35.8 Å². The van der Waals surface area contributed by atoms with Crippen molar-refractivity contribution in [1.82, 2.24) is 4.57 Å². The molecule has 0 spiro atoms. The molecule has 3 rings (SSSR count). The molecule has 2 aromatic carbocycles. The summed E-state index contributed by atoms with van der Waals surface area (Å²) in [5, 5.41) is 11.1. The molecule has 0 aliphatic rings. The van der Waals surface area contributed by atoms with Crippen molar-refractivity contribution in [3.63, 3.8) is 0 Å². The van der Waals surface area contributed by atoms with Crippen molar-refractivity contribution < 1.29 is 24.0 Å². The normalized spacial score (nSPS) is 10.5. The number of hydrogen-bond acceptors (Lipinski definition) is 6. The average molecular weight is 408 g/mol. The number of hydrogen-bond donors (Lipinski definition) is 0. The molecule has 1 aromatic heterocycles. The van der Waals surface area contributed by atoms with E-state index in [-0.39, 0.29) is 11.3 Å². The Bertz CT molecular complexity index is 1120. The van der Waals surface area contributed by atoms with Gasteiger partial charge in [-0.15, -0.1) is 0 Å². The van der Waals surface area contributed by atoms with Crippen LogP contribution in [0.5, 0.6) is 5.75 Å². The maximum atomic E-state index is 12.7. The molecule has 30 heavy (non-hydrogen) atoms. The number of rotatable bonds is 7. The minimum atomic E-state index is -0.917. The van der Waals surface area contributed by atoms with E-state index in [9.17, 15) is 19.7 Å². The number of ether oxygens (including phenoxy) is 2. The molecule has 3 aromatic rings. The molecule has 0 amide bonds. The second kappa shape index (κ2) is 8.60. The van der Waals surface area contributed by atoms with Gasteiger partial charge in [-0.3, -0.25) is 14.9 Å². The Morgan fingerprint density at radius 1 is 1.03 bits per heavy atom. The third kappa shape index (κ3) is 4.07. The number of nitrogens with zero attached hydrogens (tertiary/aromatic N) is 2. The summed E-state index contributed by atoms with van der Waals surface area (Å²) in [6, 6.07) is 14.6. The Morgan fingerprint density at radius 3 is 2.33 bits per heavy atom. The molecule has 0 N–H and O–H groups in total. The Hall–Kier alpha value is -3.94. The fraction of sp³-hybridized carbons (Fsp3) is 0.182. The van der Waals surface area contributed by atoms with Crippen LogP contribution in [0.3, 0.4) is 0 Å². The van der Waals surface area contributed by atoms with Crippen LogP contribution in [0.1, 0.15) is 32.1 Å². The number of para-hydroxylation sites is 1. The number of aromatic nitrogens is 1. The Morgan fingerprint density at radius 2 is 1.70 bits per heavy atom. The summed E-state index contributed by atoms with van der Waals surface area (Å²) < 4.78 is 12.1. The molecule has 8 nitrogen and oxygen atoms in total. The first kappa shape index (κ1) is 20.8. The predicted molar refractivity (Wildman–Crippen MR) is 110 cm³/mol. The highest BCUT2D eigenvalue weighted by atomic mass is 16.6. The van der Waals surface area contributed by atoms with Crippen molar-refractivity contribution in [3.8, 4) is 11.4 Å². The van der Waals surface area contributed by atoms with Crippen molar-refractivity contribution >= 4 is 17.4 Å². The SMILES string of the molecule is COc1ccc(-n2c(C)cc(C(=O)COC(=O)c3ccccc3[N+](=O)[O-])c2C)cc1. The van der Waals surface area contributed by atoms with Crippen LogP contribution in [0.2, 0.25) is 0 Å². The highest BCUT2D eigenvalue weighted by Gasteiger charge is 2.23. The molecule has 0 aliphatic carbocycles. The zero-order valence-electron chi connectivity index (χ0n) is 16.7. The number of methoxy groups -OCH3 is 1. The minimum Gasteiger partial charge on any atom is -0.497 e. The lowest BCUT2D eigenvalue weighted by Gasteiger charge is -2.11. The van der Waals surface area contributed by atoms with Crippen LogP contribution in [-0.4, -0.2) is 35.0 Å². The van der Waals surface area contributed by atoms with Crippen LogP contribution in [-0.2, 0) is 4.74 Å². The number of nitro benzene ring substituents is 1. The topological polar surface area (TPSA) is 101 Å². The summed E-state index contributed by atoms with van der Waals surface area (Å²) >= 11 is 0. The van der Waals surface area contributed by atoms with E-state index in [0.717, 1.165) is 17.1 Å². The molecule has 0 bridgehead atoms. The molecule has 0 aliphatic heterocycles. The smallest absolute Gasteiger partial charge is 0.345 e. The molecular weight excluding hydrogens is 388 g/mol. The maximum absolute atomic E-state index is 12.7. The summed E-state index contributed by atoms with van der Waals surface area (Å²) in [7, 11) is 1.59. The van der Waals surface area contributed by atoms with E-state index in [0.29, 0.717) is 11.3 Å². The standard InChI is InChI=1S/C22H20N2O6/c1-14-12-19(15(2)23(14)16-8-10-17(29-3)11-9-16)21(25)13-30-22(26)18-6-4-5-7-20(18)24(27)28/h4-12H,13H2,1-3H3. The lowest BCUT2D eigenvalue weighted by molar-refractivity contribution is -0.385. The van der Waals surface area contributed by atoms with Crippen molar-refractivity contribution in [2.75, 3.05) is 13.7 Å². The van der Waals surface area contributed by atoms with E-state index >= 15 is 0 Å². The summed E-state index contributed by atoms with van der Waals surface area (Å²) in [5.74, 6) is -0.589. The molecule has 0 fully saturated rings. The quantitative estimate of drug-likeness (QED) is 0.253. The van der Waals surface area contributed by atoms with Crippen LogP contribution >= 0.6 is 0 Å². The number of aryl methyl sites for hydroxylation is 1. The summed E-state index contributed by atoms with van der Waals surface area (Å²) in [6.45, 7) is 3.15. The third-order valence-electron chi connectivity index (χ3n) is 4.72. The summed E-state index contributed by atoms with van der Waals surface area (Å²) in [6.07, 6.45) is 0. The first-order chi connectivity index (χ1) is 14.3. The van der Waals surface area contributed by atoms with Gasteiger partial charge < -0.3 is 14.0 Å². The number of Topliss-reactive ketones (excluding diaryl/α,β-unsaturated/α-hetero) is 1. The molecule has 0 saturated carbocycles. The fourth-order valence-corrected chi connectivity index (χ4v) is 3.27. The van der Waals surface area contributed by atoms with Crippen molar-refractivity contribution in [1.29, 1.82) is 0 Å². The number of ketones is 1. The number of benzene rings is 2. The van der Waals surface area contributed by atoms with Gasteiger partial charge in [0.25, 0.3) is 5.69 Å².